The molecule has 3 rings (SSSR count). The molecule has 4 N–H and O–H groups in total. The molecule has 0 aliphatic carbocycles. The number of furan rings is 1. The van der Waals surface area contributed by atoms with Crippen LogP contribution < -0.4 is 5.32 Å². The minimum Gasteiger partial charge on any atom is -0.504 e. The average molecular weight is 428 g/mol. The predicted molar refractivity (Wildman–Crippen MR) is 118 cm³/mol. The van der Waals surface area contributed by atoms with Crippen LogP contribution in [0.15, 0.2) is 40.8 Å². The summed E-state index contributed by atoms with van der Waals surface area (Å²) in [5.41, 5.74) is 1.65. The van der Waals surface area contributed by atoms with Gasteiger partial charge in [0.15, 0.2) is 23.0 Å². The van der Waals surface area contributed by atoms with Gasteiger partial charge in [0, 0.05) is 24.0 Å². The van der Waals surface area contributed by atoms with Gasteiger partial charge in [0.1, 0.15) is 5.58 Å². The lowest BCUT2D eigenvalue weighted by atomic mass is 10.1. The fraction of sp³-hybridized carbons (Fsp3) is 0.304. The number of amides is 1. The first-order chi connectivity index (χ1) is 14.8. The molecule has 0 aliphatic heterocycles. The Bertz CT molecular complexity index is 1020. The lowest BCUT2D eigenvalue weighted by Gasteiger charge is -2.16. The number of aryl methyl sites for hydroxylation is 1. The van der Waals surface area contributed by atoms with E-state index in [1.165, 1.54) is 0 Å². The maximum Gasteiger partial charge on any atom is 0.228 e. The summed E-state index contributed by atoms with van der Waals surface area (Å²) < 4.78 is 5.47. The molecule has 166 valence electrons. The number of carbonyl (C=O) groups is 2. The van der Waals surface area contributed by atoms with Crippen molar-refractivity contribution in [2.45, 2.75) is 20.8 Å². The van der Waals surface area contributed by atoms with E-state index in [4.69, 9.17) is 4.42 Å². The molecule has 8 heteroatoms. The number of nitrogens with one attached hydrogen (secondary N) is 1. The zero-order valence-electron chi connectivity index (χ0n) is 17.9. The van der Waals surface area contributed by atoms with E-state index < -0.39 is 23.0 Å². The van der Waals surface area contributed by atoms with Gasteiger partial charge in [-0.15, -0.1) is 0 Å². The van der Waals surface area contributed by atoms with Crippen molar-refractivity contribution >= 4 is 23.2 Å². The third kappa shape index (κ3) is 6.23. The number of aromatic hydroxyl groups is 3. The molecule has 0 atom stereocenters. The molecule has 0 unspecified atom stereocenters. The molecule has 0 spiro atoms. The van der Waals surface area contributed by atoms with E-state index >= 15 is 0 Å². The lowest BCUT2D eigenvalue weighted by Crippen LogP contribution is -2.31. The van der Waals surface area contributed by atoms with Gasteiger partial charge in [0.05, 0.1) is 0 Å². The second-order valence-electron chi connectivity index (χ2n) is 6.94. The van der Waals surface area contributed by atoms with Crippen molar-refractivity contribution in [2.75, 3.05) is 26.2 Å². The number of hydrogen-bond acceptors (Lipinski definition) is 7. The van der Waals surface area contributed by atoms with E-state index in [1.807, 2.05) is 19.1 Å². The van der Waals surface area contributed by atoms with Crippen molar-refractivity contribution in [2.24, 2.45) is 0 Å². The lowest BCUT2D eigenvalue weighted by molar-refractivity contribution is -0.109. The van der Waals surface area contributed by atoms with Crippen molar-refractivity contribution in [1.29, 1.82) is 0 Å². The zero-order valence-corrected chi connectivity index (χ0v) is 17.9. The average Bonchev–Trinajstić information content (AvgIpc) is 3.18. The summed E-state index contributed by atoms with van der Waals surface area (Å²) in [7, 11) is 0. The summed E-state index contributed by atoms with van der Waals surface area (Å²) in [4.78, 5) is 24.4. The Labute approximate surface area is 180 Å². The highest BCUT2D eigenvalue weighted by atomic mass is 16.3. The minimum absolute atomic E-state index is 0.0265. The number of likely N-dealkylation sites (N-methyl/N-ethyl adjacent to an activating group) is 1. The van der Waals surface area contributed by atoms with Gasteiger partial charge in [0.25, 0.3) is 0 Å². The van der Waals surface area contributed by atoms with Crippen LogP contribution in [-0.4, -0.2) is 58.6 Å². The largest absolute Gasteiger partial charge is 0.504 e. The number of fused-ring (bicyclic) bond motifs is 1. The molecule has 8 nitrogen and oxygen atoms in total. The Kier molecular flexibility index (Phi) is 8.45. The highest BCUT2D eigenvalue weighted by molar-refractivity contribution is 6.09. The smallest absolute Gasteiger partial charge is 0.228 e. The molecule has 0 bridgehead atoms. The van der Waals surface area contributed by atoms with E-state index in [0.717, 1.165) is 55.7 Å². The van der Waals surface area contributed by atoms with E-state index in [-0.39, 0.29) is 11.3 Å². The summed E-state index contributed by atoms with van der Waals surface area (Å²) in [5, 5.41) is 31.6. The van der Waals surface area contributed by atoms with Crippen molar-refractivity contribution in [3.05, 3.63) is 53.3 Å². The molecule has 31 heavy (non-hydrogen) atoms. The van der Waals surface area contributed by atoms with Gasteiger partial charge in [-0.25, -0.2) is 0 Å². The first-order valence-corrected chi connectivity index (χ1v) is 9.99. The van der Waals surface area contributed by atoms with Gasteiger partial charge >= 0.3 is 0 Å². The van der Waals surface area contributed by atoms with Gasteiger partial charge in [-0.05, 0) is 50.3 Å². The Morgan fingerprint density at radius 2 is 1.71 bits per heavy atom. The molecule has 0 radical (unpaired) electrons. The second kappa shape index (κ2) is 11.0. The Morgan fingerprint density at radius 1 is 1.06 bits per heavy atom. The molecule has 0 aliphatic rings. The number of hydrogen-bond donors (Lipinski definition) is 4. The SMILES string of the molecule is CCN(CC)CCNC=O.Cc1ccc2oc(C(=O)c3cc(O)c(O)c(O)c3)cc2c1. The highest BCUT2D eigenvalue weighted by Crippen LogP contribution is 2.36. The van der Waals surface area contributed by atoms with Crippen LogP contribution in [0.3, 0.4) is 0 Å². The molecule has 0 fully saturated rings. The van der Waals surface area contributed by atoms with E-state index in [2.05, 4.69) is 24.1 Å². The quantitative estimate of drug-likeness (QED) is 0.188. The van der Waals surface area contributed by atoms with Crippen molar-refractivity contribution in [3.8, 4) is 17.2 Å². The topological polar surface area (TPSA) is 123 Å². The van der Waals surface area contributed by atoms with Gasteiger partial charge < -0.3 is 30.0 Å². The van der Waals surface area contributed by atoms with Gasteiger partial charge in [-0.1, -0.05) is 25.5 Å². The maximum absolute atomic E-state index is 12.3. The van der Waals surface area contributed by atoms with Crippen LogP contribution in [0.4, 0.5) is 0 Å². The highest BCUT2D eigenvalue weighted by Gasteiger charge is 2.18. The third-order valence-electron chi connectivity index (χ3n) is 4.78. The Balaban J connectivity index is 0.000000291. The van der Waals surface area contributed by atoms with E-state index in [9.17, 15) is 24.9 Å². The first kappa shape index (κ1) is 23.8. The van der Waals surface area contributed by atoms with E-state index in [1.54, 1.807) is 12.1 Å². The van der Waals surface area contributed by atoms with Crippen LogP contribution in [0.5, 0.6) is 17.2 Å². The fourth-order valence-corrected chi connectivity index (χ4v) is 2.97. The third-order valence-corrected chi connectivity index (χ3v) is 4.78. The summed E-state index contributed by atoms with van der Waals surface area (Å²) in [6, 6.07) is 9.30. The van der Waals surface area contributed by atoms with Crippen LogP contribution >= 0.6 is 0 Å². The number of phenolic OH excluding ortho intramolecular Hbond substituents is 3. The van der Waals surface area contributed by atoms with Crippen LogP contribution in [-0.2, 0) is 4.79 Å². The molecular weight excluding hydrogens is 400 g/mol. The normalized spacial score (nSPS) is 10.6. The minimum atomic E-state index is -0.660. The zero-order chi connectivity index (χ0) is 23.0. The summed E-state index contributed by atoms with van der Waals surface area (Å²) >= 11 is 0. The summed E-state index contributed by atoms with van der Waals surface area (Å²) in [5.74, 6) is -2.18. The van der Waals surface area contributed by atoms with Crippen LogP contribution in [0.1, 0.15) is 35.5 Å². The molecule has 1 amide bonds. The van der Waals surface area contributed by atoms with E-state index in [0.29, 0.717) is 5.58 Å². The number of phenols is 3. The Hall–Kier alpha value is -3.52. The van der Waals surface area contributed by atoms with Gasteiger partial charge in [-0.3, -0.25) is 9.59 Å². The molecule has 3 aromatic rings. The van der Waals surface area contributed by atoms with Crippen molar-refractivity contribution in [1.82, 2.24) is 10.2 Å². The van der Waals surface area contributed by atoms with Crippen LogP contribution in [0.2, 0.25) is 0 Å². The molecule has 2 aromatic carbocycles. The first-order valence-electron chi connectivity index (χ1n) is 9.99. The number of rotatable bonds is 8. The summed E-state index contributed by atoms with van der Waals surface area (Å²) in [6.45, 7) is 9.98. The fourth-order valence-electron chi connectivity index (χ4n) is 2.97. The van der Waals surface area contributed by atoms with Gasteiger partial charge in [-0.2, -0.15) is 0 Å². The molecule has 1 heterocycles. The standard InChI is InChI=1S/C16H12O5.C7H16N2O/c1-8-2-3-13-9(4-8)7-14(21-13)15(19)10-5-11(17)16(20)12(18)6-10;1-3-9(4-2)6-5-8-7-10/h2-7,17-18,20H,1H3;7H,3-6H2,1-2H3,(H,8,10). The molecule has 1 aromatic heterocycles. The van der Waals surface area contributed by atoms with Crippen molar-refractivity contribution in [3.63, 3.8) is 0 Å². The predicted octanol–water partition coefficient (Wildman–Crippen LogP) is 3.16. The number of benzene rings is 2. The van der Waals surface area contributed by atoms with Crippen LogP contribution in [0.25, 0.3) is 11.0 Å². The van der Waals surface area contributed by atoms with Crippen molar-refractivity contribution < 1.29 is 29.3 Å². The second-order valence-corrected chi connectivity index (χ2v) is 6.94. The van der Waals surface area contributed by atoms with Crippen LogP contribution in [0, 0.1) is 6.92 Å². The Morgan fingerprint density at radius 3 is 2.29 bits per heavy atom. The monoisotopic (exact) mass is 428 g/mol. The molecule has 0 saturated carbocycles. The maximum atomic E-state index is 12.3. The molecule has 0 saturated heterocycles. The number of nitrogens with zero attached hydrogens (tertiary/aromatic N) is 1. The number of carbonyl (C=O) groups excluding carboxylic acids is 2. The molecular formula is C23H28N2O6. The number of ketones is 1. The summed E-state index contributed by atoms with van der Waals surface area (Å²) in [6.07, 6.45) is 0.740. The van der Waals surface area contributed by atoms with Gasteiger partial charge in [0.2, 0.25) is 12.2 Å².